The summed E-state index contributed by atoms with van der Waals surface area (Å²) in [6, 6.07) is 60.3. The van der Waals surface area contributed by atoms with Gasteiger partial charge in [0, 0.05) is 56.6 Å². The number of fused-ring (bicyclic) bond motifs is 7. The molecule has 0 atom stereocenters. The van der Waals surface area contributed by atoms with E-state index in [4.69, 9.17) is 9.40 Å². The van der Waals surface area contributed by atoms with E-state index in [1.807, 2.05) is 30.6 Å². The van der Waals surface area contributed by atoms with Gasteiger partial charge < -0.3 is 9.32 Å². The second-order valence-electron chi connectivity index (χ2n) is 15.1. The van der Waals surface area contributed by atoms with Gasteiger partial charge in [0.05, 0.1) is 16.7 Å². The average molecular weight is 769 g/mol. The molecule has 0 radical (unpaired) electrons. The van der Waals surface area contributed by atoms with Gasteiger partial charge in [-0.2, -0.15) is 0 Å². The summed E-state index contributed by atoms with van der Waals surface area (Å²) in [6.07, 6.45) is 6.89. The molecule has 60 heavy (non-hydrogen) atoms. The predicted molar refractivity (Wildman–Crippen MR) is 244 cm³/mol. The molecule has 0 fully saturated rings. The molecule has 280 valence electrons. The van der Waals surface area contributed by atoms with Crippen molar-refractivity contribution >= 4 is 82.5 Å². The van der Waals surface area contributed by atoms with Crippen LogP contribution < -0.4 is 4.90 Å². The number of hydrogen-bond acceptors (Lipinski definition) is 7. The summed E-state index contributed by atoms with van der Waals surface area (Å²) in [5, 5.41) is 8.76. The molecule has 0 saturated heterocycles. The lowest BCUT2D eigenvalue weighted by Crippen LogP contribution is -2.10. The van der Waals surface area contributed by atoms with Crippen LogP contribution in [0.5, 0.6) is 0 Å². The molecule has 0 bridgehead atoms. The smallest absolute Gasteiger partial charge is 0.227 e. The van der Waals surface area contributed by atoms with E-state index in [1.54, 1.807) is 12.7 Å². The highest BCUT2D eigenvalue weighted by molar-refractivity contribution is 6.04. The first kappa shape index (κ1) is 33.8. The predicted octanol–water partition coefficient (Wildman–Crippen LogP) is 13.6. The lowest BCUT2D eigenvalue weighted by atomic mass is 9.99. The number of hydrogen-bond donors (Lipinski definition) is 0. The van der Waals surface area contributed by atoms with E-state index in [0.717, 1.165) is 110 Å². The van der Waals surface area contributed by atoms with Crippen molar-refractivity contribution in [2.24, 2.45) is 0 Å². The number of benzene rings is 8. The van der Waals surface area contributed by atoms with Gasteiger partial charge in [0.1, 0.15) is 18.2 Å². The van der Waals surface area contributed by atoms with Crippen molar-refractivity contribution in [1.29, 1.82) is 0 Å². The third-order valence-electron chi connectivity index (χ3n) is 11.5. The van der Waals surface area contributed by atoms with Crippen LogP contribution in [0.15, 0.2) is 199 Å². The van der Waals surface area contributed by atoms with Crippen LogP contribution in [-0.4, -0.2) is 24.9 Å². The molecular weight excluding hydrogens is 737 g/mol. The van der Waals surface area contributed by atoms with Crippen LogP contribution in [0.1, 0.15) is 0 Å². The van der Waals surface area contributed by atoms with Crippen molar-refractivity contribution in [2.75, 3.05) is 4.90 Å². The Morgan fingerprint density at radius 3 is 1.50 bits per heavy atom. The first-order valence-electron chi connectivity index (χ1n) is 19.8. The zero-order valence-corrected chi connectivity index (χ0v) is 32.1. The van der Waals surface area contributed by atoms with Gasteiger partial charge in [0.25, 0.3) is 0 Å². The first-order valence-corrected chi connectivity index (χ1v) is 19.8. The monoisotopic (exact) mass is 768 g/mol. The number of anilines is 3. The summed E-state index contributed by atoms with van der Waals surface area (Å²) in [7, 11) is 0. The molecule has 7 nitrogen and oxygen atoms in total. The minimum absolute atomic E-state index is 0.641. The molecule has 0 aliphatic rings. The van der Waals surface area contributed by atoms with E-state index in [-0.39, 0.29) is 0 Å². The molecule has 0 aliphatic heterocycles. The second-order valence-corrected chi connectivity index (χ2v) is 15.1. The number of para-hydroxylation sites is 1. The maximum atomic E-state index is 6.13. The molecule has 0 amide bonds. The van der Waals surface area contributed by atoms with Gasteiger partial charge in [-0.25, -0.2) is 24.9 Å². The van der Waals surface area contributed by atoms with Gasteiger partial charge in [-0.3, -0.25) is 0 Å². The molecule has 0 spiro atoms. The van der Waals surface area contributed by atoms with Crippen LogP contribution in [0.25, 0.3) is 98.9 Å². The van der Waals surface area contributed by atoms with Crippen LogP contribution in [0.2, 0.25) is 0 Å². The van der Waals surface area contributed by atoms with E-state index in [1.165, 1.54) is 0 Å². The summed E-state index contributed by atoms with van der Waals surface area (Å²) in [5.74, 6) is 0. The Labute approximate surface area is 343 Å². The number of rotatable bonds is 6. The van der Waals surface area contributed by atoms with Crippen LogP contribution in [-0.2, 0) is 0 Å². The molecule has 4 aromatic heterocycles. The van der Waals surface area contributed by atoms with Crippen LogP contribution in [0, 0.1) is 0 Å². The minimum Gasteiger partial charge on any atom is -0.438 e. The van der Waals surface area contributed by atoms with Gasteiger partial charge in [0.2, 0.25) is 5.71 Å². The summed E-state index contributed by atoms with van der Waals surface area (Å²) < 4.78 is 6.13. The molecule has 0 aliphatic carbocycles. The number of furan rings is 1. The molecule has 12 aromatic rings. The Hall–Kier alpha value is -8.29. The maximum absolute atomic E-state index is 6.13. The SMILES string of the molecule is c1ccc2c(c1)oc1nc(-c3ccc(N(c4ccc5cc(-c6ccc7cncnc7c6)ccc5c4)c4ccc5cc(-c6ccc7cncnc7c6)ccc5c4)cc3)ccc12. The molecule has 0 N–H and O–H groups in total. The molecule has 0 saturated carbocycles. The highest BCUT2D eigenvalue weighted by Crippen LogP contribution is 2.40. The normalized spacial score (nSPS) is 11.7. The molecule has 4 heterocycles. The fourth-order valence-corrected chi connectivity index (χ4v) is 8.41. The largest absolute Gasteiger partial charge is 0.438 e. The van der Waals surface area contributed by atoms with Gasteiger partial charge >= 0.3 is 0 Å². The van der Waals surface area contributed by atoms with Crippen molar-refractivity contribution in [3.05, 3.63) is 195 Å². The summed E-state index contributed by atoms with van der Waals surface area (Å²) in [5.41, 5.74) is 12.9. The van der Waals surface area contributed by atoms with E-state index in [9.17, 15) is 0 Å². The van der Waals surface area contributed by atoms with Crippen molar-refractivity contribution in [2.45, 2.75) is 0 Å². The molecule has 7 heteroatoms. The number of pyridine rings is 1. The highest BCUT2D eigenvalue weighted by atomic mass is 16.3. The lowest BCUT2D eigenvalue weighted by molar-refractivity contribution is 0.654. The molecule has 0 unspecified atom stereocenters. The number of aromatic nitrogens is 5. The van der Waals surface area contributed by atoms with E-state index in [0.29, 0.717) is 5.71 Å². The third-order valence-corrected chi connectivity index (χ3v) is 11.5. The molecule has 12 rings (SSSR count). The number of nitrogens with zero attached hydrogens (tertiary/aromatic N) is 6. The van der Waals surface area contributed by atoms with Crippen molar-refractivity contribution in [3.63, 3.8) is 0 Å². The van der Waals surface area contributed by atoms with Crippen LogP contribution in [0.3, 0.4) is 0 Å². The summed E-state index contributed by atoms with van der Waals surface area (Å²) in [6.45, 7) is 0. The Morgan fingerprint density at radius 2 is 0.883 bits per heavy atom. The van der Waals surface area contributed by atoms with Crippen molar-refractivity contribution < 1.29 is 4.42 Å². The van der Waals surface area contributed by atoms with E-state index < -0.39 is 0 Å². The topological polar surface area (TPSA) is 80.8 Å². The highest BCUT2D eigenvalue weighted by Gasteiger charge is 2.16. The van der Waals surface area contributed by atoms with Crippen LogP contribution in [0.4, 0.5) is 17.1 Å². The zero-order valence-electron chi connectivity index (χ0n) is 32.1. The first-order chi connectivity index (χ1) is 29.7. The van der Waals surface area contributed by atoms with Crippen molar-refractivity contribution in [3.8, 4) is 33.5 Å². The van der Waals surface area contributed by atoms with E-state index >= 15 is 0 Å². The van der Waals surface area contributed by atoms with Gasteiger partial charge in [-0.1, -0.05) is 91.0 Å². The van der Waals surface area contributed by atoms with Gasteiger partial charge in [-0.15, -0.1) is 0 Å². The Balaban J connectivity index is 0.935. The van der Waals surface area contributed by atoms with Crippen molar-refractivity contribution in [1.82, 2.24) is 24.9 Å². The standard InChI is InChI=1S/C53H32N6O/c1-2-4-52-47(3-1)48-21-22-49(58-53(48)60-52)33-13-17-44(18-14-33)59(45-19-15-36-23-34(5-7-38(36)25-45)40-9-11-42-29-54-31-56-50(42)27-40)46-20-16-37-24-35(6-8-39(37)26-46)41-10-12-43-30-55-32-57-51(43)28-41/h1-32H. The average Bonchev–Trinajstić information content (AvgIpc) is 3.69. The fraction of sp³-hybridized carbons (Fsp3) is 0. The quantitative estimate of drug-likeness (QED) is 0.167. The third kappa shape index (κ3) is 5.87. The fourth-order valence-electron chi connectivity index (χ4n) is 8.41. The minimum atomic E-state index is 0.641. The second kappa shape index (κ2) is 13.7. The molecule has 8 aromatic carbocycles. The summed E-state index contributed by atoms with van der Waals surface area (Å²) in [4.78, 5) is 24.6. The lowest BCUT2D eigenvalue weighted by Gasteiger charge is -2.26. The Morgan fingerprint density at radius 1 is 0.383 bits per heavy atom. The van der Waals surface area contributed by atoms with Gasteiger partial charge in [-0.05, 0) is 123 Å². The molecular formula is C53H32N6O. The van der Waals surface area contributed by atoms with Crippen LogP contribution >= 0.6 is 0 Å². The Bertz CT molecular complexity index is 3470. The Kier molecular flexibility index (Phi) is 7.71. The van der Waals surface area contributed by atoms with E-state index in [2.05, 4.69) is 176 Å². The maximum Gasteiger partial charge on any atom is 0.227 e. The van der Waals surface area contributed by atoms with Gasteiger partial charge in [0.15, 0.2) is 0 Å². The summed E-state index contributed by atoms with van der Waals surface area (Å²) >= 11 is 0. The zero-order chi connectivity index (χ0) is 39.6.